The van der Waals surface area contributed by atoms with Gasteiger partial charge in [0.15, 0.2) is 0 Å². The fourth-order valence-corrected chi connectivity index (χ4v) is 5.11. The van der Waals surface area contributed by atoms with Gasteiger partial charge >= 0.3 is 0 Å². The second-order valence-corrected chi connectivity index (χ2v) is 8.42. The van der Waals surface area contributed by atoms with Gasteiger partial charge in [-0.3, -0.25) is 9.69 Å². The lowest BCUT2D eigenvalue weighted by Crippen LogP contribution is -2.51. The topological polar surface area (TPSA) is 35.6 Å². The summed E-state index contributed by atoms with van der Waals surface area (Å²) in [6.45, 7) is 2.50. The Hall–Kier alpha value is -0.880. The number of likely N-dealkylation sites (tertiary alicyclic amines) is 1. The maximum absolute atomic E-state index is 13.4. The normalized spacial score (nSPS) is 29.5. The summed E-state index contributed by atoms with van der Waals surface area (Å²) in [4.78, 5) is 17.5. The highest BCUT2D eigenvalue weighted by molar-refractivity contribution is 5.85. The number of carbonyl (C=O) groups is 1. The summed E-state index contributed by atoms with van der Waals surface area (Å²) >= 11 is 0. The predicted octanol–water partition coefficient (Wildman–Crippen LogP) is 3.62. The van der Waals surface area contributed by atoms with Crippen LogP contribution in [-0.2, 0) is 11.3 Å². The van der Waals surface area contributed by atoms with Crippen molar-refractivity contribution in [3.05, 3.63) is 35.6 Å². The number of benzene rings is 1. The average Bonchev–Trinajstić information content (AvgIpc) is 2.98. The number of fused-ring (bicyclic) bond motifs is 2. The van der Waals surface area contributed by atoms with Gasteiger partial charge in [0.2, 0.25) is 5.91 Å². The Labute approximate surface area is 180 Å². The fourth-order valence-electron chi connectivity index (χ4n) is 5.11. The Kier molecular flexibility index (Phi) is 8.56. The molecule has 3 saturated heterocycles. The predicted molar refractivity (Wildman–Crippen MR) is 115 cm³/mol. The molecule has 3 atom stereocenters. The van der Waals surface area contributed by atoms with Gasteiger partial charge in [-0.05, 0) is 62.8 Å². The van der Waals surface area contributed by atoms with Gasteiger partial charge in [0.1, 0.15) is 5.82 Å². The van der Waals surface area contributed by atoms with Crippen LogP contribution in [0.15, 0.2) is 24.3 Å². The zero-order chi connectivity index (χ0) is 18.1. The Bertz CT molecular complexity index is 650. The molecular weight excluding hydrogens is 400 g/mol. The molecule has 2 bridgehead atoms. The van der Waals surface area contributed by atoms with Crippen LogP contribution in [0.1, 0.15) is 44.1 Å². The zero-order valence-corrected chi connectivity index (χ0v) is 18.1. The van der Waals surface area contributed by atoms with Crippen LogP contribution in [0.3, 0.4) is 0 Å². The zero-order valence-electron chi connectivity index (χ0n) is 16.5. The van der Waals surface area contributed by atoms with Crippen molar-refractivity contribution < 1.29 is 9.18 Å². The van der Waals surface area contributed by atoms with E-state index in [-0.39, 0.29) is 36.5 Å². The van der Waals surface area contributed by atoms with Crippen LogP contribution < -0.4 is 5.32 Å². The van der Waals surface area contributed by atoms with Crippen LogP contribution in [0.25, 0.3) is 0 Å². The lowest BCUT2D eigenvalue weighted by Gasteiger charge is -2.39. The Balaban J connectivity index is 0.00000140. The number of hydrogen-bond acceptors (Lipinski definition) is 3. The van der Waals surface area contributed by atoms with Gasteiger partial charge in [-0.2, -0.15) is 0 Å². The quantitative estimate of drug-likeness (QED) is 0.790. The number of rotatable bonds is 4. The van der Waals surface area contributed by atoms with Crippen molar-refractivity contribution in [2.45, 2.75) is 63.2 Å². The lowest BCUT2D eigenvalue weighted by molar-refractivity contribution is -0.139. The lowest BCUT2D eigenvalue weighted by atomic mass is 9.93. The number of nitrogens with zero attached hydrogens (tertiary/aromatic N) is 2. The molecule has 0 radical (unpaired) electrons. The van der Waals surface area contributed by atoms with E-state index >= 15 is 0 Å². The van der Waals surface area contributed by atoms with Crippen LogP contribution in [0.5, 0.6) is 0 Å². The van der Waals surface area contributed by atoms with Crippen LogP contribution >= 0.6 is 24.8 Å². The molecule has 1 amide bonds. The molecule has 4 rings (SSSR count). The van der Waals surface area contributed by atoms with Crippen LogP contribution in [-0.4, -0.2) is 54.0 Å². The van der Waals surface area contributed by atoms with E-state index in [4.69, 9.17) is 0 Å². The second kappa shape index (κ2) is 10.2. The summed E-state index contributed by atoms with van der Waals surface area (Å²) < 4.78 is 13.4. The Morgan fingerprint density at radius 1 is 1.21 bits per heavy atom. The van der Waals surface area contributed by atoms with Crippen molar-refractivity contribution >= 4 is 30.7 Å². The molecule has 0 spiro atoms. The minimum Gasteiger partial charge on any atom is -0.342 e. The third-order valence-corrected chi connectivity index (χ3v) is 6.49. The summed E-state index contributed by atoms with van der Waals surface area (Å²) in [6.07, 6.45) is 6.72. The van der Waals surface area contributed by atoms with Gasteiger partial charge in [-0.1, -0.05) is 12.1 Å². The van der Waals surface area contributed by atoms with Crippen molar-refractivity contribution in [2.24, 2.45) is 5.92 Å². The number of piperidine rings is 2. The molecule has 3 aliphatic heterocycles. The van der Waals surface area contributed by atoms with Crippen molar-refractivity contribution in [1.29, 1.82) is 0 Å². The van der Waals surface area contributed by atoms with Crippen LogP contribution in [0.4, 0.5) is 4.39 Å². The number of amides is 1. The Morgan fingerprint density at radius 3 is 2.61 bits per heavy atom. The number of carbonyl (C=O) groups excluding carboxylic acids is 1. The van der Waals surface area contributed by atoms with Gasteiger partial charge in [-0.15, -0.1) is 24.8 Å². The average molecular weight is 432 g/mol. The maximum atomic E-state index is 13.4. The molecule has 3 heterocycles. The highest BCUT2D eigenvalue weighted by Crippen LogP contribution is 2.30. The first-order valence-electron chi connectivity index (χ1n) is 10.1. The molecule has 0 aliphatic carbocycles. The molecular formula is C21H32Cl2FN3O. The maximum Gasteiger partial charge on any atom is 0.226 e. The van der Waals surface area contributed by atoms with E-state index in [2.05, 4.69) is 10.2 Å². The van der Waals surface area contributed by atoms with Crippen LogP contribution in [0, 0.1) is 11.7 Å². The Morgan fingerprint density at radius 2 is 1.93 bits per heavy atom. The highest BCUT2D eigenvalue weighted by Gasteiger charge is 2.38. The highest BCUT2D eigenvalue weighted by atomic mass is 35.5. The van der Waals surface area contributed by atoms with Crippen molar-refractivity contribution in [3.63, 3.8) is 0 Å². The first-order valence-corrected chi connectivity index (χ1v) is 10.1. The molecule has 4 nitrogen and oxygen atoms in total. The van der Waals surface area contributed by atoms with Crippen molar-refractivity contribution in [3.8, 4) is 0 Å². The second-order valence-electron chi connectivity index (χ2n) is 8.42. The van der Waals surface area contributed by atoms with Gasteiger partial charge in [0.25, 0.3) is 0 Å². The molecule has 3 aliphatic rings. The summed E-state index contributed by atoms with van der Waals surface area (Å²) in [6, 6.07) is 8.40. The summed E-state index contributed by atoms with van der Waals surface area (Å²) in [5, 5.41) is 3.66. The van der Waals surface area contributed by atoms with Gasteiger partial charge < -0.3 is 10.2 Å². The molecule has 158 valence electrons. The van der Waals surface area contributed by atoms with E-state index in [0.717, 1.165) is 50.9 Å². The van der Waals surface area contributed by atoms with E-state index in [0.29, 0.717) is 24.0 Å². The van der Waals surface area contributed by atoms with Crippen molar-refractivity contribution in [2.75, 3.05) is 20.1 Å². The number of nitrogens with one attached hydrogen (secondary N) is 1. The SMILES string of the molecule is CN(C(=O)C1CCCN(Cc2cccc(F)c2)C1)C1CC2CCC(C1)N2.Cl.Cl. The van der Waals surface area contributed by atoms with E-state index < -0.39 is 0 Å². The van der Waals surface area contributed by atoms with Gasteiger partial charge in [0, 0.05) is 38.3 Å². The third-order valence-electron chi connectivity index (χ3n) is 6.49. The fraction of sp³-hybridized carbons (Fsp3) is 0.667. The van der Waals surface area contributed by atoms with E-state index in [1.807, 2.05) is 18.0 Å². The minimum absolute atomic E-state index is 0. The van der Waals surface area contributed by atoms with Crippen molar-refractivity contribution in [1.82, 2.24) is 15.1 Å². The molecule has 3 fully saturated rings. The standard InChI is InChI=1S/C21H30FN3O.2ClH/c1-24(20-11-18-7-8-19(12-20)23-18)21(26)16-5-3-9-25(14-16)13-15-4-2-6-17(22)10-15;;/h2,4,6,10,16,18-20,23H,3,5,7-9,11-14H2,1H3;2*1H. The van der Waals surface area contributed by atoms with E-state index in [9.17, 15) is 9.18 Å². The number of halogens is 3. The third kappa shape index (κ3) is 5.38. The summed E-state index contributed by atoms with van der Waals surface area (Å²) in [5.41, 5.74) is 0.987. The van der Waals surface area contributed by atoms with Gasteiger partial charge in [-0.25, -0.2) is 4.39 Å². The first-order chi connectivity index (χ1) is 12.6. The molecule has 0 saturated carbocycles. The number of hydrogen-bond donors (Lipinski definition) is 1. The van der Waals surface area contributed by atoms with E-state index in [1.54, 1.807) is 12.1 Å². The van der Waals surface area contributed by atoms with Crippen LogP contribution in [0.2, 0.25) is 0 Å². The largest absolute Gasteiger partial charge is 0.342 e. The first kappa shape index (κ1) is 23.4. The van der Waals surface area contributed by atoms with E-state index in [1.165, 1.54) is 18.9 Å². The molecule has 0 aromatic heterocycles. The molecule has 7 heteroatoms. The minimum atomic E-state index is -0.188. The summed E-state index contributed by atoms with van der Waals surface area (Å²) in [5.74, 6) is 0.197. The molecule has 1 aromatic rings. The van der Waals surface area contributed by atoms with Gasteiger partial charge in [0.05, 0.1) is 5.92 Å². The molecule has 3 unspecified atom stereocenters. The molecule has 28 heavy (non-hydrogen) atoms. The molecule has 1 N–H and O–H groups in total. The smallest absolute Gasteiger partial charge is 0.226 e. The monoisotopic (exact) mass is 431 g/mol. The molecule has 1 aromatic carbocycles. The summed E-state index contributed by atoms with van der Waals surface area (Å²) in [7, 11) is 2.00.